The molecular weight excluding hydrogens is 226 g/mol. The van der Waals surface area contributed by atoms with E-state index in [1.807, 2.05) is 36.5 Å². The second-order valence-corrected chi connectivity index (χ2v) is 4.44. The maximum absolute atomic E-state index is 12.0. The van der Waals surface area contributed by atoms with Crippen LogP contribution in [0.25, 0.3) is 0 Å². The van der Waals surface area contributed by atoms with Crippen molar-refractivity contribution in [2.45, 2.75) is 32.5 Å². The summed E-state index contributed by atoms with van der Waals surface area (Å²) in [6, 6.07) is 9.69. The van der Waals surface area contributed by atoms with Crippen LogP contribution in [-0.2, 0) is 13.1 Å². The van der Waals surface area contributed by atoms with Gasteiger partial charge in [0, 0.05) is 31.5 Å². The molecule has 1 atom stereocenters. The number of hydrogen-bond donors (Lipinski definition) is 1. The Labute approximate surface area is 107 Å². The first-order valence-corrected chi connectivity index (χ1v) is 6.28. The summed E-state index contributed by atoms with van der Waals surface area (Å²) < 4.78 is 3.39. The molecule has 2 N–H and O–H groups in total. The molecule has 2 aromatic rings. The number of aryl methyl sites for hydroxylation is 1. The summed E-state index contributed by atoms with van der Waals surface area (Å²) in [6.45, 7) is 3.32. The minimum atomic E-state index is -0.152. The molecule has 0 aliphatic carbocycles. The van der Waals surface area contributed by atoms with E-state index in [0.29, 0.717) is 6.54 Å². The van der Waals surface area contributed by atoms with Gasteiger partial charge in [-0.1, -0.05) is 37.3 Å². The van der Waals surface area contributed by atoms with Crippen molar-refractivity contribution in [1.82, 2.24) is 9.13 Å². The Morgan fingerprint density at radius 3 is 2.50 bits per heavy atom. The summed E-state index contributed by atoms with van der Waals surface area (Å²) in [5.41, 5.74) is 7.18. The van der Waals surface area contributed by atoms with Gasteiger partial charge in [0.1, 0.15) is 0 Å². The fourth-order valence-electron chi connectivity index (χ4n) is 2.02. The van der Waals surface area contributed by atoms with Crippen LogP contribution in [0.1, 0.15) is 24.9 Å². The van der Waals surface area contributed by atoms with E-state index in [0.717, 1.165) is 18.5 Å². The van der Waals surface area contributed by atoms with Crippen LogP contribution >= 0.6 is 0 Å². The van der Waals surface area contributed by atoms with Gasteiger partial charge in [0.05, 0.1) is 0 Å². The highest BCUT2D eigenvalue weighted by Gasteiger charge is 2.09. The van der Waals surface area contributed by atoms with Crippen molar-refractivity contribution in [3.8, 4) is 0 Å². The number of rotatable bonds is 5. The maximum Gasteiger partial charge on any atom is 0.328 e. The zero-order chi connectivity index (χ0) is 13.0. The summed E-state index contributed by atoms with van der Waals surface area (Å²) in [5, 5.41) is 0. The predicted molar refractivity (Wildman–Crippen MR) is 72.4 cm³/mol. The van der Waals surface area contributed by atoms with E-state index in [4.69, 9.17) is 5.73 Å². The van der Waals surface area contributed by atoms with Crippen LogP contribution in [0.4, 0.5) is 0 Å². The zero-order valence-electron chi connectivity index (χ0n) is 10.6. The van der Waals surface area contributed by atoms with Crippen LogP contribution in [0.15, 0.2) is 47.5 Å². The lowest BCUT2D eigenvalue weighted by molar-refractivity contribution is 0.541. The molecule has 96 valence electrons. The second-order valence-electron chi connectivity index (χ2n) is 4.44. The fraction of sp³-hybridized carbons (Fsp3) is 0.357. The van der Waals surface area contributed by atoms with Crippen molar-refractivity contribution in [2.75, 3.05) is 0 Å². The van der Waals surface area contributed by atoms with E-state index in [1.165, 1.54) is 0 Å². The van der Waals surface area contributed by atoms with Crippen LogP contribution in [0, 0.1) is 0 Å². The molecule has 0 radical (unpaired) electrons. The van der Waals surface area contributed by atoms with Crippen molar-refractivity contribution in [3.63, 3.8) is 0 Å². The van der Waals surface area contributed by atoms with E-state index in [2.05, 4.69) is 6.92 Å². The van der Waals surface area contributed by atoms with Gasteiger partial charge in [0.25, 0.3) is 0 Å². The molecule has 0 saturated heterocycles. The molecule has 0 aliphatic heterocycles. The second kappa shape index (κ2) is 5.69. The molecule has 18 heavy (non-hydrogen) atoms. The number of hydrogen-bond acceptors (Lipinski definition) is 2. The molecule has 0 bridgehead atoms. The molecule has 0 aliphatic rings. The van der Waals surface area contributed by atoms with Crippen molar-refractivity contribution < 1.29 is 0 Å². The van der Waals surface area contributed by atoms with E-state index in [-0.39, 0.29) is 11.7 Å². The van der Waals surface area contributed by atoms with Gasteiger partial charge in [-0.05, 0) is 12.0 Å². The van der Waals surface area contributed by atoms with Crippen LogP contribution < -0.4 is 11.4 Å². The lowest BCUT2D eigenvalue weighted by Gasteiger charge is -2.11. The number of imidazole rings is 1. The number of nitrogens with two attached hydrogens (primary N) is 1. The molecular formula is C14H19N3O. The minimum Gasteiger partial charge on any atom is -0.322 e. The molecule has 1 aromatic heterocycles. The van der Waals surface area contributed by atoms with Crippen molar-refractivity contribution in [1.29, 1.82) is 0 Å². The Morgan fingerprint density at radius 1 is 1.17 bits per heavy atom. The van der Waals surface area contributed by atoms with Crippen LogP contribution in [-0.4, -0.2) is 9.13 Å². The molecule has 0 spiro atoms. The quantitative estimate of drug-likeness (QED) is 0.872. The van der Waals surface area contributed by atoms with Gasteiger partial charge in [-0.25, -0.2) is 4.79 Å². The summed E-state index contributed by atoms with van der Waals surface area (Å²) in [4.78, 5) is 12.0. The van der Waals surface area contributed by atoms with Crippen LogP contribution in [0.2, 0.25) is 0 Å². The average Bonchev–Trinajstić information content (AvgIpc) is 2.73. The lowest BCUT2D eigenvalue weighted by Crippen LogP contribution is -2.28. The van der Waals surface area contributed by atoms with Crippen LogP contribution in [0.3, 0.4) is 0 Å². The summed E-state index contributed by atoms with van der Waals surface area (Å²) >= 11 is 0. The van der Waals surface area contributed by atoms with Crippen LogP contribution in [0.5, 0.6) is 0 Å². The largest absolute Gasteiger partial charge is 0.328 e. The molecule has 0 saturated carbocycles. The van der Waals surface area contributed by atoms with E-state index >= 15 is 0 Å². The number of benzene rings is 1. The third-order valence-electron chi connectivity index (χ3n) is 3.00. The van der Waals surface area contributed by atoms with Gasteiger partial charge in [-0.15, -0.1) is 0 Å². The van der Waals surface area contributed by atoms with Gasteiger partial charge < -0.3 is 5.73 Å². The van der Waals surface area contributed by atoms with Gasteiger partial charge in [-0.2, -0.15) is 0 Å². The number of nitrogens with zero attached hydrogens (tertiary/aromatic N) is 2. The third-order valence-corrected chi connectivity index (χ3v) is 3.00. The lowest BCUT2D eigenvalue weighted by atomic mass is 10.1. The Balaban J connectivity index is 2.12. The van der Waals surface area contributed by atoms with Crippen molar-refractivity contribution in [3.05, 3.63) is 58.8 Å². The zero-order valence-corrected chi connectivity index (χ0v) is 10.6. The average molecular weight is 245 g/mol. The predicted octanol–water partition coefficient (Wildman–Crippen LogP) is 1.76. The molecule has 0 fully saturated rings. The Bertz CT molecular complexity index is 542. The minimum absolute atomic E-state index is 0.0169. The monoisotopic (exact) mass is 245 g/mol. The highest BCUT2D eigenvalue weighted by atomic mass is 16.1. The first kappa shape index (κ1) is 12.6. The molecule has 1 heterocycles. The molecule has 0 amide bonds. The van der Waals surface area contributed by atoms with E-state index in [9.17, 15) is 4.79 Å². The molecule has 4 heteroatoms. The Hall–Kier alpha value is -1.81. The SMILES string of the molecule is CCCn1ccn(CC(N)c2ccccc2)c1=O. The first-order valence-electron chi connectivity index (χ1n) is 6.28. The van der Waals surface area contributed by atoms with Crippen molar-refractivity contribution in [2.24, 2.45) is 5.73 Å². The van der Waals surface area contributed by atoms with E-state index in [1.54, 1.807) is 15.3 Å². The van der Waals surface area contributed by atoms with Gasteiger partial charge in [0.2, 0.25) is 0 Å². The summed E-state index contributed by atoms with van der Waals surface area (Å²) in [6.07, 6.45) is 4.58. The summed E-state index contributed by atoms with van der Waals surface area (Å²) in [7, 11) is 0. The van der Waals surface area contributed by atoms with Gasteiger partial charge >= 0.3 is 5.69 Å². The molecule has 1 aromatic carbocycles. The normalized spacial score (nSPS) is 12.6. The van der Waals surface area contributed by atoms with Crippen molar-refractivity contribution >= 4 is 0 Å². The molecule has 1 unspecified atom stereocenters. The Kier molecular flexibility index (Phi) is 3.99. The highest BCUT2D eigenvalue weighted by Crippen LogP contribution is 2.10. The molecule has 2 rings (SSSR count). The number of aromatic nitrogens is 2. The topological polar surface area (TPSA) is 52.9 Å². The fourth-order valence-corrected chi connectivity index (χ4v) is 2.02. The molecule has 4 nitrogen and oxygen atoms in total. The highest BCUT2D eigenvalue weighted by molar-refractivity contribution is 5.18. The maximum atomic E-state index is 12.0. The Morgan fingerprint density at radius 2 is 1.83 bits per heavy atom. The van der Waals surface area contributed by atoms with E-state index < -0.39 is 0 Å². The standard InChI is InChI=1S/C14H19N3O/c1-2-8-16-9-10-17(14(16)18)11-13(15)12-6-4-3-5-7-12/h3-7,9-10,13H,2,8,11,15H2,1H3. The first-order chi connectivity index (χ1) is 8.72. The van der Waals surface area contributed by atoms with Gasteiger partial charge in [-0.3, -0.25) is 9.13 Å². The smallest absolute Gasteiger partial charge is 0.322 e. The third kappa shape index (κ3) is 2.71. The van der Waals surface area contributed by atoms with Gasteiger partial charge in [0.15, 0.2) is 0 Å². The summed E-state index contributed by atoms with van der Waals surface area (Å²) in [5.74, 6) is 0.